The minimum absolute atomic E-state index is 0.126. The monoisotopic (exact) mass is 336 g/mol. The average Bonchev–Trinajstić information content (AvgIpc) is 3.01. The molecule has 24 heavy (non-hydrogen) atoms. The third-order valence-electron chi connectivity index (χ3n) is 4.68. The zero-order chi connectivity index (χ0) is 17.7. The molecule has 0 saturated carbocycles. The van der Waals surface area contributed by atoms with Crippen molar-refractivity contribution in [3.63, 3.8) is 0 Å². The van der Waals surface area contributed by atoms with Gasteiger partial charge in [-0.3, -0.25) is 0 Å². The van der Waals surface area contributed by atoms with E-state index in [0.29, 0.717) is 5.95 Å². The van der Waals surface area contributed by atoms with Gasteiger partial charge in [-0.2, -0.15) is 0 Å². The topological polar surface area (TPSA) is 22.4 Å². The van der Waals surface area contributed by atoms with E-state index >= 15 is 0 Å². The highest BCUT2D eigenvalue weighted by Crippen LogP contribution is 2.27. The molecule has 0 radical (unpaired) electrons. The van der Waals surface area contributed by atoms with Crippen LogP contribution < -0.4 is 4.74 Å². The molecule has 0 bridgehead atoms. The quantitative estimate of drug-likeness (QED) is 0.325. The number of hydrogen-bond donors (Lipinski definition) is 0. The van der Waals surface area contributed by atoms with Crippen LogP contribution in [0.4, 0.5) is 0 Å². The number of ether oxygens (including phenoxy) is 1. The Labute approximate surface area is 150 Å². The Morgan fingerprint density at radius 2 is 1.29 bits per heavy atom. The van der Waals surface area contributed by atoms with Crippen LogP contribution in [0.5, 0.6) is 5.95 Å². The van der Waals surface area contributed by atoms with Crippen molar-refractivity contribution < 1.29 is 9.15 Å². The lowest BCUT2D eigenvalue weighted by atomic mass is 9.89. The number of unbranched alkanes of at least 4 members (excludes halogenated alkanes) is 11. The predicted octanol–water partition coefficient (Wildman–Crippen LogP) is 7.66. The summed E-state index contributed by atoms with van der Waals surface area (Å²) in [5, 5.41) is 0. The smallest absolute Gasteiger partial charge is 0.284 e. The molecule has 0 fully saturated rings. The van der Waals surface area contributed by atoms with Crippen LogP contribution in [0.1, 0.15) is 110 Å². The Morgan fingerprint density at radius 1 is 0.792 bits per heavy atom. The number of rotatable bonds is 14. The summed E-state index contributed by atoms with van der Waals surface area (Å²) in [6.45, 7) is 9.61. The molecule has 2 nitrogen and oxygen atoms in total. The molecule has 0 atom stereocenters. The molecular formula is C22H40O2. The van der Waals surface area contributed by atoms with E-state index in [9.17, 15) is 0 Å². The van der Waals surface area contributed by atoms with Crippen LogP contribution in [0.15, 0.2) is 16.7 Å². The van der Waals surface area contributed by atoms with E-state index in [-0.39, 0.29) is 5.41 Å². The van der Waals surface area contributed by atoms with Gasteiger partial charge in [-0.15, -0.1) is 0 Å². The van der Waals surface area contributed by atoms with E-state index in [4.69, 9.17) is 9.15 Å². The summed E-state index contributed by atoms with van der Waals surface area (Å²) in [6, 6.07) is 2.03. The van der Waals surface area contributed by atoms with Crippen LogP contribution in [0.2, 0.25) is 0 Å². The van der Waals surface area contributed by atoms with Crippen molar-refractivity contribution in [2.24, 2.45) is 0 Å². The fraction of sp³-hybridized carbons (Fsp3) is 0.818. The summed E-state index contributed by atoms with van der Waals surface area (Å²) in [4.78, 5) is 0. The van der Waals surface area contributed by atoms with E-state index in [1.165, 1.54) is 76.2 Å². The normalized spacial score (nSPS) is 11.8. The molecular weight excluding hydrogens is 296 g/mol. The van der Waals surface area contributed by atoms with Crippen molar-refractivity contribution >= 4 is 0 Å². The molecule has 0 aliphatic heterocycles. The second-order valence-electron chi connectivity index (χ2n) is 8.14. The standard InChI is InChI=1S/C22H40O2/c1-5-6-7-8-9-10-11-12-13-14-15-16-17-23-21-18-20(19-24-21)22(2,3)4/h18-19H,5-17H2,1-4H3. The first kappa shape index (κ1) is 21.1. The third kappa shape index (κ3) is 10.1. The molecule has 1 aromatic rings. The summed E-state index contributed by atoms with van der Waals surface area (Å²) >= 11 is 0. The van der Waals surface area contributed by atoms with E-state index in [0.717, 1.165) is 13.0 Å². The molecule has 0 aromatic carbocycles. The van der Waals surface area contributed by atoms with Gasteiger partial charge in [0.2, 0.25) is 0 Å². The summed E-state index contributed by atoms with van der Waals surface area (Å²) in [5.41, 5.74) is 1.33. The van der Waals surface area contributed by atoms with Crippen molar-refractivity contribution in [2.75, 3.05) is 6.61 Å². The van der Waals surface area contributed by atoms with Crippen molar-refractivity contribution in [2.45, 2.75) is 110 Å². The Balaban J connectivity index is 1.88. The second-order valence-corrected chi connectivity index (χ2v) is 8.14. The van der Waals surface area contributed by atoms with E-state index in [1.807, 2.05) is 12.3 Å². The molecule has 0 aliphatic carbocycles. The molecule has 140 valence electrons. The van der Waals surface area contributed by atoms with Crippen molar-refractivity contribution in [3.05, 3.63) is 17.9 Å². The van der Waals surface area contributed by atoms with Crippen LogP contribution in [0, 0.1) is 0 Å². The highest BCUT2D eigenvalue weighted by molar-refractivity contribution is 5.23. The highest BCUT2D eigenvalue weighted by Gasteiger charge is 2.17. The zero-order valence-electron chi connectivity index (χ0n) is 16.7. The second kappa shape index (κ2) is 12.4. The SMILES string of the molecule is CCCCCCCCCCCCCCOc1cc(C(C)(C)C)co1. The summed E-state index contributed by atoms with van der Waals surface area (Å²) in [6.07, 6.45) is 18.3. The largest absolute Gasteiger partial charge is 0.465 e. The minimum atomic E-state index is 0.126. The number of hydrogen-bond acceptors (Lipinski definition) is 2. The van der Waals surface area contributed by atoms with Crippen molar-refractivity contribution in [1.82, 2.24) is 0 Å². The Kier molecular flexibility index (Phi) is 11.0. The lowest BCUT2D eigenvalue weighted by molar-refractivity contribution is 0.236. The van der Waals surface area contributed by atoms with Crippen molar-refractivity contribution in [3.8, 4) is 5.95 Å². The first-order chi connectivity index (χ1) is 11.5. The van der Waals surface area contributed by atoms with Gasteiger partial charge in [0.05, 0.1) is 12.9 Å². The molecule has 2 heteroatoms. The van der Waals surface area contributed by atoms with Gasteiger partial charge in [-0.1, -0.05) is 98.3 Å². The average molecular weight is 337 g/mol. The first-order valence-electron chi connectivity index (χ1n) is 10.3. The molecule has 1 heterocycles. The van der Waals surface area contributed by atoms with Gasteiger partial charge in [0, 0.05) is 6.07 Å². The Morgan fingerprint density at radius 3 is 1.75 bits per heavy atom. The van der Waals surface area contributed by atoms with Gasteiger partial charge in [0.15, 0.2) is 0 Å². The fourth-order valence-electron chi connectivity index (χ4n) is 2.90. The van der Waals surface area contributed by atoms with Crippen LogP contribution in [-0.2, 0) is 5.41 Å². The molecule has 1 aromatic heterocycles. The Bertz CT molecular complexity index is 400. The fourth-order valence-corrected chi connectivity index (χ4v) is 2.90. The molecule has 0 amide bonds. The van der Waals surface area contributed by atoms with Gasteiger partial charge < -0.3 is 9.15 Å². The maximum atomic E-state index is 5.71. The van der Waals surface area contributed by atoms with Gasteiger partial charge >= 0.3 is 0 Å². The van der Waals surface area contributed by atoms with Crippen LogP contribution in [0.3, 0.4) is 0 Å². The van der Waals surface area contributed by atoms with Crippen LogP contribution in [-0.4, -0.2) is 6.61 Å². The van der Waals surface area contributed by atoms with E-state index < -0.39 is 0 Å². The molecule has 1 rings (SSSR count). The van der Waals surface area contributed by atoms with Gasteiger partial charge in [-0.25, -0.2) is 0 Å². The van der Waals surface area contributed by atoms with E-state index in [1.54, 1.807) is 0 Å². The van der Waals surface area contributed by atoms with Crippen molar-refractivity contribution in [1.29, 1.82) is 0 Å². The minimum Gasteiger partial charge on any atom is -0.465 e. The number of furan rings is 1. The maximum Gasteiger partial charge on any atom is 0.284 e. The van der Waals surface area contributed by atoms with Gasteiger partial charge in [0.25, 0.3) is 5.95 Å². The lowest BCUT2D eigenvalue weighted by Gasteiger charge is -2.14. The van der Waals surface area contributed by atoms with E-state index in [2.05, 4.69) is 27.7 Å². The third-order valence-corrected chi connectivity index (χ3v) is 4.68. The van der Waals surface area contributed by atoms with Crippen LogP contribution in [0.25, 0.3) is 0 Å². The maximum absolute atomic E-state index is 5.71. The summed E-state index contributed by atoms with van der Waals surface area (Å²) < 4.78 is 11.2. The molecule has 0 saturated heterocycles. The van der Waals surface area contributed by atoms with Gasteiger partial charge in [0.1, 0.15) is 0 Å². The molecule has 0 unspecified atom stereocenters. The van der Waals surface area contributed by atoms with Gasteiger partial charge in [-0.05, 0) is 17.4 Å². The molecule has 0 spiro atoms. The zero-order valence-corrected chi connectivity index (χ0v) is 16.7. The first-order valence-corrected chi connectivity index (χ1v) is 10.3. The summed E-state index contributed by atoms with van der Waals surface area (Å²) in [7, 11) is 0. The summed E-state index contributed by atoms with van der Waals surface area (Å²) in [5.74, 6) is 0.669. The predicted molar refractivity (Wildman–Crippen MR) is 104 cm³/mol. The highest BCUT2D eigenvalue weighted by atomic mass is 16.6. The molecule has 0 aliphatic rings. The lowest BCUT2D eigenvalue weighted by Crippen LogP contribution is -2.09. The van der Waals surface area contributed by atoms with Crippen LogP contribution >= 0.6 is 0 Å². The molecule has 0 N–H and O–H groups in total. The Hall–Kier alpha value is -0.920.